The molecule has 9 heteroatoms. The molecule has 26 heavy (non-hydrogen) atoms. The number of nitrogens with zero attached hydrogens (tertiary/aromatic N) is 2. The molecule has 0 fully saturated rings. The lowest BCUT2D eigenvalue weighted by Gasteiger charge is -2.28. The van der Waals surface area contributed by atoms with Crippen LogP contribution >= 0.6 is 0 Å². The van der Waals surface area contributed by atoms with Crippen LogP contribution in [0.1, 0.15) is 5.56 Å². The number of alkyl halides is 3. The largest absolute Gasteiger partial charge is 0.481 e. The van der Waals surface area contributed by atoms with E-state index in [0.717, 1.165) is 23.2 Å². The molecule has 3 rings (SSSR count). The fourth-order valence-electron chi connectivity index (χ4n) is 2.51. The Morgan fingerprint density at radius 3 is 2.54 bits per heavy atom. The average Bonchev–Trinajstić information content (AvgIpc) is 2.57. The van der Waals surface area contributed by atoms with E-state index in [1.807, 2.05) is 0 Å². The Morgan fingerprint density at radius 2 is 1.92 bits per heavy atom. The molecule has 0 bridgehead atoms. The van der Waals surface area contributed by atoms with E-state index < -0.39 is 29.0 Å². The summed E-state index contributed by atoms with van der Waals surface area (Å²) >= 11 is 0. The van der Waals surface area contributed by atoms with Crippen molar-refractivity contribution in [3.63, 3.8) is 0 Å². The van der Waals surface area contributed by atoms with Crippen molar-refractivity contribution in [1.82, 2.24) is 4.57 Å². The van der Waals surface area contributed by atoms with E-state index >= 15 is 0 Å². The van der Waals surface area contributed by atoms with E-state index in [1.165, 1.54) is 0 Å². The van der Waals surface area contributed by atoms with E-state index in [2.05, 4.69) is 5.92 Å². The van der Waals surface area contributed by atoms with Gasteiger partial charge in [0.1, 0.15) is 5.75 Å². The van der Waals surface area contributed by atoms with Gasteiger partial charge in [-0.3, -0.25) is 19.1 Å². The van der Waals surface area contributed by atoms with Crippen molar-refractivity contribution in [3.8, 4) is 23.8 Å². The molecule has 2 aromatic rings. The highest BCUT2D eigenvalue weighted by Gasteiger charge is 2.31. The van der Waals surface area contributed by atoms with Crippen molar-refractivity contribution in [2.75, 3.05) is 18.1 Å². The summed E-state index contributed by atoms with van der Waals surface area (Å²) in [6.07, 6.45) is 1.33. The first-order chi connectivity index (χ1) is 12.2. The highest BCUT2D eigenvalue weighted by Crippen LogP contribution is 2.35. The average molecular weight is 366 g/mol. The van der Waals surface area contributed by atoms with Crippen molar-refractivity contribution in [2.45, 2.75) is 6.18 Å². The zero-order chi connectivity index (χ0) is 19.1. The number of carbonyl (C=O) groups is 1. The number of amides is 1. The molecule has 5 nitrogen and oxygen atoms in total. The highest BCUT2D eigenvalue weighted by atomic mass is 19.4. The number of hydrogen-bond donors (Lipinski definition) is 0. The minimum atomic E-state index is -4.70. The summed E-state index contributed by atoms with van der Waals surface area (Å²) < 4.78 is 58.3. The molecule has 1 aromatic carbocycles. The Hall–Kier alpha value is -3.28. The Bertz CT molecular complexity index is 989. The van der Waals surface area contributed by atoms with Crippen LogP contribution in [0.15, 0.2) is 35.3 Å². The predicted octanol–water partition coefficient (Wildman–Crippen LogP) is 2.35. The number of anilines is 1. The van der Waals surface area contributed by atoms with Gasteiger partial charge in [-0.05, 0) is 12.1 Å². The van der Waals surface area contributed by atoms with Crippen LogP contribution in [0.3, 0.4) is 0 Å². The third-order valence-electron chi connectivity index (χ3n) is 3.73. The minimum Gasteiger partial charge on any atom is -0.481 e. The Kier molecular flexibility index (Phi) is 4.20. The Balaban J connectivity index is 2.14. The number of benzene rings is 1. The van der Waals surface area contributed by atoms with Crippen LogP contribution in [0.4, 0.5) is 23.2 Å². The van der Waals surface area contributed by atoms with Gasteiger partial charge < -0.3 is 4.74 Å². The van der Waals surface area contributed by atoms with Crippen LogP contribution in [0.2, 0.25) is 0 Å². The fourth-order valence-corrected chi connectivity index (χ4v) is 2.51. The van der Waals surface area contributed by atoms with Crippen LogP contribution < -0.4 is 15.2 Å². The third kappa shape index (κ3) is 3.01. The number of fused-ring (bicyclic) bond motifs is 1. The maximum atomic E-state index is 14.4. The number of halogens is 4. The molecular weight excluding hydrogens is 356 g/mol. The van der Waals surface area contributed by atoms with Gasteiger partial charge in [0.05, 0.1) is 23.5 Å². The smallest absolute Gasteiger partial charge is 0.416 e. The number of aromatic nitrogens is 1. The summed E-state index contributed by atoms with van der Waals surface area (Å²) in [5.74, 6) is 0.956. The second-order valence-electron chi connectivity index (χ2n) is 5.37. The van der Waals surface area contributed by atoms with Gasteiger partial charge >= 0.3 is 6.18 Å². The Morgan fingerprint density at radius 1 is 1.19 bits per heavy atom. The van der Waals surface area contributed by atoms with Gasteiger partial charge in [-0.25, -0.2) is 4.39 Å². The summed E-state index contributed by atoms with van der Waals surface area (Å²) in [6, 6.07) is 3.10. The molecule has 134 valence electrons. The molecule has 0 saturated carbocycles. The van der Waals surface area contributed by atoms with Crippen molar-refractivity contribution in [3.05, 3.63) is 52.2 Å². The number of pyridine rings is 1. The van der Waals surface area contributed by atoms with Crippen molar-refractivity contribution in [2.24, 2.45) is 0 Å². The summed E-state index contributed by atoms with van der Waals surface area (Å²) in [5.41, 5.74) is -2.43. The Labute approximate surface area is 144 Å². The zero-order valence-electron chi connectivity index (χ0n) is 13.0. The minimum absolute atomic E-state index is 0.0426. The molecular formula is C17H10F4N2O3. The van der Waals surface area contributed by atoms with Crippen LogP contribution in [0.5, 0.6) is 5.75 Å². The quantitative estimate of drug-likeness (QED) is 0.606. The SMILES string of the molecule is C#CCN1C(=O)COc2cc(F)c(-n3ccc(C(F)(F)F)cc3=O)cc21. The predicted molar refractivity (Wildman–Crippen MR) is 83.7 cm³/mol. The molecule has 0 aliphatic carbocycles. The topological polar surface area (TPSA) is 51.5 Å². The molecule has 1 aliphatic heterocycles. The molecule has 0 radical (unpaired) electrons. The van der Waals surface area contributed by atoms with Gasteiger partial charge in [0.25, 0.3) is 11.5 Å². The summed E-state index contributed by atoms with van der Waals surface area (Å²) in [7, 11) is 0. The second-order valence-corrected chi connectivity index (χ2v) is 5.37. The van der Waals surface area contributed by atoms with E-state index in [4.69, 9.17) is 11.2 Å². The lowest BCUT2D eigenvalue weighted by molar-refractivity contribution is -0.137. The molecule has 0 atom stereocenters. The van der Waals surface area contributed by atoms with Gasteiger partial charge in [-0.1, -0.05) is 5.92 Å². The van der Waals surface area contributed by atoms with Crippen molar-refractivity contribution in [1.29, 1.82) is 0 Å². The zero-order valence-corrected chi connectivity index (χ0v) is 13.0. The summed E-state index contributed by atoms with van der Waals surface area (Å²) in [5, 5.41) is 0. The second kappa shape index (κ2) is 6.22. The van der Waals surface area contributed by atoms with Crippen LogP contribution in [0, 0.1) is 18.2 Å². The number of ether oxygens (including phenoxy) is 1. The molecule has 1 aromatic heterocycles. The number of carbonyl (C=O) groups excluding carboxylic acids is 1. The van der Waals surface area contributed by atoms with E-state index in [0.29, 0.717) is 16.7 Å². The third-order valence-corrected chi connectivity index (χ3v) is 3.73. The van der Waals surface area contributed by atoms with Crippen LogP contribution in [0.25, 0.3) is 5.69 Å². The van der Waals surface area contributed by atoms with Gasteiger partial charge in [0.15, 0.2) is 12.4 Å². The highest BCUT2D eigenvalue weighted by molar-refractivity contribution is 5.98. The lowest BCUT2D eigenvalue weighted by atomic mass is 10.2. The van der Waals surface area contributed by atoms with Gasteiger partial charge in [0.2, 0.25) is 0 Å². The first-order valence-electron chi connectivity index (χ1n) is 7.23. The lowest BCUT2D eigenvalue weighted by Crippen LogP contribution is -2.39. The van der Waals surface area contributed by atoms with Crippen molar-refractivity contribution < 1.29 is 27.1 Å². The summed E-state index contributed by atoms with van der Waals surface area (Å²) in [4.78, 5) is 25.1. The first kappa shape index (κ1) is 17.5. The molecule has 2 heterocycles. The van der Waals surface area contributed by atoms with Crippen molar-refractivity contribution >= 4 is 11.6 Å². The number of hydrogen-bond acceptors (Lipinski definition) is 3. The summed E-state index contributed by atoms with van der Waals surface area (Å²) in [6.45, 7) is -0.435. The monoisotopic (exact) mass is 366 g/mol. The van der Waals surface area contributed by atoms with Crippen LogP contribution in [-0.4, -0.2) is 23.6 Å². The van der Waals surface area contributed by atoms with E-state index in [9.17, 15) is 27.2 Å². The standard InChI is InChI=1S/C17H10F4N2O3/c1-2-4-22-13-8-12(11(18)7-14(13)26-9-16(22)25)23-5-3-10(6-15(23)24)17(19,20)21/h1,3,5-8H,4,9H2. The first-order valence-corrected chi connectivity index (χ1v) is 7.23. The van der Waals surface area contributed by atoms with Gasteiger partial charge in [-0.2, -0.15) is 13.2 Å². The normalized spacial score (nSPS) is 13.8. The maximum absolute atomic E-state index is 14.4. The molecule has 0 N–H and O–H groups in total. The molecule has 0 saturated heterocycles. The molecule has 1 aliphatic rings. The number of rotatable bonds is 2. The molecule has 1 amide bonds. The maximum Gasteiger partial charge on any atom is 0.416 e. The fraction of sp³-hybridized carbons (Fsp3) is 0.176. The molecule has 0 spiro atoms. The van der Waals surface area contributed by atoms with Crippen LogP contribution in [-0.2, 0) is 11.0 Å². The molecule has 0 unspecified atom stereocenters. The number of terminal acetylenes is 1. The van der Waals surface area contributed by atoms with E-state index in [-0.39, 0.29) is 30.3 Å². The van der Waals surface area contributed by atoms with Gasteiger partial charge in [-0.15, -0.1) is 6.42 Å². The van der Waals surface area contributed by atoms with Gasteiger partial charge in [0, 0.05) is 18.3 Å². The van der Waals surface area contributed by atoms with E-state index in [1.54, 1.807) is 0 Å².